The number of aromatic amines is 1. The molecule has 0 aliphatic rings. The second kappa shape index (κ2) is 5.07. The molecule has 0 aliphatic carbocycles. The minimum atomic E-state index is 0.835. The van der Waals surface area contributed by atoms with Gasteiger partial charge in [0.2, 0.25) is 0 Å². The van der Waals surface area contributed by atoms with E-state index in [0.717, 1.165) is 39.0 Å². The van der Waals surface area contributed by atoms with Crippen LogP contribution in [0.15, 0.2) is 65.7 Å². The number of hydrogen-bond acceptors (Lipinski definition) is 3. The van der Waals surface area contributed by atoms with Gasteiger partial charge in [-0.1, -0.05) is 12.1 Å². The number of furan rings is 1. The fourth-order valence-electron chi connectivity index (χ4n) is 2.62. The molecule has 0 atom stereocenters. The van der Waals surface area contributed by atoms with E-state index in [4.69, 9.17) is 9.15 Å². The molecule has 1 aromatic carbocycles. The topological polar surface area (TPSA) is 51.0 Å². The van der Waals surface area contributed by atoms with E-state index in [-0.39, 0.29) is 0 Å². The zero-order chi connectivity index (χ0) is 14.9. The van der Waals surface area contributed by atoms with E-state index >= 15 is 0 Å². The average molecular weight is 290 g/mol. The molecule has 0 saturated carbocycles. The van der Waals surface area contributed by atoms with Gasteiger partial charge < -0.3 is 14.1 Å². The van der Waals surface area contributed by atoms with E-state index in [0.29, 0.717) is 0 Å². The Bertz CT molecular complexity index is 923. The van der Waals surface area contributed by atoms with E-state index < -0.39 is 0 Å². The van der Waals surface area contributed by atoms with Crippen LogP contribution in [0.25, 0.3) is 33.3 Å². The monoisotopic (exact) mass is 290 g/mol. The summed E-state index contributed by atoms with van der Waals surface area (Å²) >= 11 is 0. The molecule has 0 radical (unpaired) electrons. The number of pyridine rings is 1. The van der Waals surface area contributed by atoms with Crippen LogP contribution in [0.3, 0.4) is 0 Å². The van der Waals surface area contributed by atoms with Crippen molar-refractivity contribution in [2.24, 2.45) is 0 Å². The van der Waals surface area contributed by atoms with Crippen LogP contribution < -0.4 is 4.74 Å². The van der Waals surface area contributed by atoms with Gasteiger partial charge in [0.15, 0.2) is 0 Å². The van der Waals surface area contributed by atoms with Crippen LogP contribution in [-0.2, 0) is 0 Å². The predicted molar refractivity (Wildman–Crippen MR) is 85.8 cm³/mol. The van der Waals surface area contributed by atoms with Crippen molar-refractivity contribution < 1.29 is 9.15 Å². The van der Waals surface area contributed by atoms with Gasteiger partial charge in [0.25, 0.3) is 0 Å². The number of H-pyrrole nitrogens is 1. The summed E-state index contributed by atoms with van der Waals surface area (Å²) in [5.41, 5.74) is 5.11. The lowest BCUT2D eigenvalue weighted by atomic mass is 10.0. The number of aromatic nitrogens is 2. The molecule has 0 spiro atoms. The Balaban J connectivity index is 1.87. The molecule has 0 aliphatic heterocycles. The highest BCUT2D eigenvalue weighted by Gasteiger charge is 2.10. The second-order valence-electron chi connectivity index (χ2n) is 5.07. The minimum absolute atomic E-state index is 0.835. The molecular weight excluding hydrogens is 276 g/mol. The number of hydrogen-bond donors (Lipinski definition) is 1. The zero-order valence-electron chi connectivity index (χ0n) is 12.0. The summed E-state index contributed by atoms with van der Waals surface area (Å²) in [6.07, 6.45) is 7.24. The summed E-state index contributed by atoms with van der Waals surface area (Å²) in [5, 5.41) is 1.07. The highest BCUT2D eigenvalue weighted by Crippen LogP contribution is 2.31. The van der Waals surface area contributed by atoms with Gasteiger partial charge in [0.1, 0.15) is 11.4 Å². The van der Waals surface area contributed by atoms with Gasteiger partial charge >= 0.3 is 0 Å². The van der Waals surface area contributed by atoms with E-state index in [2.05, 4.69) is 22.1 Å². The molecule has 4 heteroatoms. The van der Waals surface area contributed by atoms with Gasteiger partial charge in [-0.25, -0.2) is 4.98 Å². The Morgan fingerprint density at radius 3 is 2.86 bits per heavy atom. The van der Waals surface area contributed by atoms with Gasteiger partial charge in [-0.15, -0.1) is 0 Å². The van der Waals surface area contributed by atoms with E-state index in [1.807, 2.05) is 36.7 Å². The summed E-state index contributed by atoms with van der Waals surface area (Å²) in [6, 6.07) is 12.1. The van der Waals surface area contributed by atoms with Crippen LogP contribution >= 0.6 is 0 Å². The van der Waals surface area contributed by atoms with Crippen LogP contribution in [0.4, 0.5) is 0 Å². The Labute approximate surface area is 127 Å². The van der Waals surface area contributed by atoms with Gasteiger partial charge in [0, 0.05) is 34.5 Å². The zero-order valence-corrected chi connectivity index (χ0v) is 12.0. The Morgan fingerprint density at radius 2 is 2.05 bits per heavy atom. The Kier molecular flexibility index (Phi) is 2.93. The van der Waals surface area contributed by atoms with Crippen LogP contribution in [0.1, 0.15) is 0 Å². The lowest BCUT2D eigenvalue weighted by Crippen LogP contribution is -1.85. The van der Waals surface area contributed by atoms with Crippen LogP contribution in [-0.4, -0.2) is 17.1 Å². The molecule has 3 heterocycles. The molecule has 4 rings (SSSR count). The molecule has 22 heavy (non-hydrogen) atoms. The summed E-state index contributed by atoms with van der Waals surface area (Å²) in [7, 11) is 1.67. The van der Waals surface area contributed by atoms with E-state index in [1.165, 1.54) is 0 Å². The third-order valence-electron chi connectivity index (χ3n) is 3.77. The highest BCUT2D eigenvalue weighted by molar-refractivity contribution is 5.95. The third-order valence-corrected chi connectivity index (χ3v) is 3.77. The molecular formula is C18H14N2O2. The maximum atomic E-state index is 5.29. The van der Waals surface area contributed by atoms with Crippen molar-refractivity contribution in [2.75, 3.05) is 7.11 Å². The van der Waals surface area contributed by atoms with Crippen LogP contribution in [0.2, 0.25) is 0 Å². The SMILES string of the molecule is COc1cccc(-c2cnc3[nH]cc(-c4ccoc4)c3c2)c1. The average Bonchev–Trinajstić information content (AvgIpc) is 3.23. The number of ether oxygens (including phenoxy) is 1. The summed E-state index contributed by atoms with van der Waals surface area (Å²) in [5.74, 6) is 0.835. The quantitative estimate of drug-likeness (QED) is 0.604. The van der Waals surface area contributed by atoms with Crippen molar-refractivity contribution in [2.45, 2.75) is 0 Å². The number of methoxy groups -OCH3 is 1. The lowest BCUT2D eigenvalue weighted by molar-refractivity contribution is 0.415. The standard InChI is InChI=1S/C18H14N2O2/c1-21-15-4-2-3-12(7-15)14-8-16-17(13-5-6-22-11-13)10-20-18(16)19-9-14/h2-11H,1H3,(H,19,20). The first-order chi connectivity index (χ1) is 10.8. The number of benzene rings is 1. The van der Waals surface area contributed by atoms with Crippen molar-refractivity contribution in [3.63, 3.8) is 0 Å². The first-order valence-electron chi connectivity index (χ1n) is 6.99. The van der Waals surface area contributed by atoms with Gasteiger partial charge in [0.05, 0.1) is 19.6 Å². The number of nitrogens with zero attached hydrogens (tertiary/aromatic N) is 1. The summed E-state index contributed by atoms with van der Waals surface area (Å²) in [6.45, 7) is 0. The largest absolute Gasteiger partial charge is 0.497 e. The van der Waals surface area contributed by atoms with Crippen molar-refractivity contribution in [1.29, 1.82) is 0 Å². The maximum absolute atomic E-state index is 5.29. The van der Waals surface area contributed by atoms with Gasteiger partial charge in [-0.2, -0.15) is 0 Å². The lowest BCUT2D eigenvalue weighted by Gasteiger charge is -2.05. The van der Waals surface area contributed by atoms with Gasteiger partial charge in [-0.05, 0) is 29.8 Å². The fraction of sp³-hybridized carbons (Fsp3) is 0.0556. The number of rotatable bonds is 3. The number of fused-ring (bicyclic) bond motifs is 1. The minimum Gasteiger partial charge on any atom is -0.497 e. The fourth-order valence-corrected chi connectivity index (χ4v) is 2.62. The molecule has 0 saturated heterocycles. The first kappa shape index (κ1) is 12.7. The molecule has 0 amide bonds. The molecule has 4 nitrogen and oxygen atoms in total. The molecule has 1 N–H and O–H groups in total. The van der Waals surface area contributed by atoms with Crippen LogP contribution in [0.5, 0.6) is 5.75 Å². The predicted octanol–water partition coefficient (Wildman–Crippen LogP) is 4.50. The van der Waals surface area contributed by atoms with Crippen LogP contribution in [0, 0.1) is 0 Å². The molecule has 0 fully saturated rings. The molecule has 0 bridgehead atoms. The summed E-state index contributed by atoms with van der Waals surface area (Å²) in [4.78, 5) is 7.72. The normalized spacial score (nSPS) is 11.0. The summed E-state index contributed by atoms with van der Waals surface area (Å²) < 4.78 is 10.5. The first-order valence-corrected chi connectivity index (χ1v) is 6.99. The van der Waals surface area contributed by atoms with Crippen molar-refractivity contribution in [1.82, 2.24) is 9.97 Å². The van der Waals surface area contributed by atoms with Crippen molar-refractivity contribution in [3.05, 3.63) is 61.3 Å². The highest BCUT2D eigenvalue weighted by atomic mass is 16.5. The molecule has 0 unspecified atom stereocenters. The smallest absolute Gasteiger partial charge is 0.137 e. The molecule has 4 aromatic rings. The molecule has 108 valence electrons. The van der Waals surface area contributed by atoms with Crippen molar-refractivity contribution >= 4 is 11.0 Å². The molecule has 3 aromatic heterocycles. The van der Waals surface area contributed by atoms with Crippen molar-refractivity contribution in [3.8, 4) is 28.0 Å². The third kappa shape index (κ3) is 2.05. The van der Waals surface area contributed by atoms with Gasteiger partial charge in [-0.3, -0.25) is 0 Å². The van der Waals surface area contributed by atoms with E-state index in [9.17, 15) is 0 Å². The Hall–Kier alpha value is -3.01. The Morgan fingerprint density at radius 1 is 1.09 bits per heavy atom. The second-order valence-corrected chi connectivity index (χ2v) is 5.07. The maximum Gasteiger partial charge on any atom is 0.137 e. The number of nitrogens with one attached hydrogen (secondary N) is 1. The van der Waals surface area contributed by atoms with E-state index in [1.54, 1.807) is 19.6 Å².